The average Bonchev–Trinajstić information content (AvgIpc) is 3.20. The molecule has 2 amide bonds. The van der Waals surface area contributed by atoms with Crippen molar-refractivity contribution in [2.24, 2.45) is 11.8 Å². The van der Waals surface area contributed by atoms with Gasteiger partial charge in [0.05, 0.1) is 18.1 Å². The predicted molar refractivity (Wildman–Crippen MR) is 106 cm³/mol. The van der Waals surface area contributed by atoms with E-state index in [2.05, 4.69) is 0 Å². The Bertz CT molecular complexity index is 600. The van der Waals surface area contributed by atoms with Crippen LogP contribution < -0.4 is 0 Å². The van der Waals surface area contributed by atoms with Gasteiger partial charge in [0.2, 0.25) is 11.8 Å². The highest BCUT2D eigenvalue weighted by Crippen LogP contribution is 2.21. The van der Waals surface area contributed by atoms with Gasteiger partial charge in [-0.15, -0.1) is 0 Å². The summed E-state index contributed by atoms with van der Waals surface area (Å²) in [7, 11) is 0. The Morgan fingerprint density at radius 3 is 2.24 bits per heavy atom. The second-order valence-corrected chi connectivity index (χ2v) is 8.87. The van der Waals surface area contributed by atoms with Crippen LogP contribution >= 0.6 is 0 Å². The highest BCUT2D eigenvalue weighted by molar-refractivity contribution is 5.87. The van der Waals surface area contributed by atoms with Crippen LogP contribution in [0.15, 0.2) is 0 Å². The van der Waals surface area contributed by atoms with Gasteiger partial charge in [-0.2, -0.15) is 0 Å². The molecule has 0 radical (unpaired) electrons. The van der Waals surface area contributed by atoms with Crippen molar-refractivity contribution in [2.75, 3.05) is 39.4 Å². The molecule has 0 aromatic carbocycles. The van der Waals surface area contributed by atoms with Crippen LogP contribution in [-0.2, 0) is 28.7 Å². The molecule has 2 fully saturated rings. The van der Waals surface area contributed by atoms with Gasteiger partial charge in [0, 0.05) is 51.5 Å². The number of amides is 2. The quantitative estimate of drug-likeness (QED) is 0.290. The highest BCUT2D eigenvalue weighted by Gasteiger charge is 2.36. The molecule has 2 atom stereocenters. The van der Waals surface area contributed by atoms with Crippen LogP contribution in [0, 0.1) is 11.8 Å². The van der Waals surface area contributed by atoms with Crippen molar-refractivity contribution >= 4 is 24.1 Å². The molecule has 8 nitrogen and oxygen atoms in total. The Kier molecular flexibility index (Phi) is 8.61. The molecule has 164 valence electrons. The van der Waals surface area contributed by atoms with Crippen LogP contribution in [0.2, 0.25) is 0 Å². The van der Waals surface area contributed by atoms with Gasteiger partial charge in [-0.3, -0.25) is 14.4 Å². The highest BCUT2D eigenvalue weighted by atomic mass is 16.5. The van der Waals surface area contributed by atoms with Crippen molar-refractivity contribution < 1.29 is 28.7 Å². The number of carbonyl (C=O) groups excluding carboxylic acids is 4. The van der Waals surface area contributed by atoms with E-state index < -0.39 is 5.92 Å². The van der Waals surface area contributed by atoms with Crippen molar-refractivity contribution in [3.05, 3.63) is 0 Å². The summed E-state index contributed by atoms with van der Waals surface area (Å²) in [6.45, 7) is 8.63. The second kappa shape index (κ2) is 10.7. The molecule has 8 heteroatoms. The van der Waals surface area contributed by atoms with Crippen molar-refractivity contribution in [1.82, 2.24) is 9.80 Å². The molecule has 2 aliphatic heterocycles. The Morgan fingerprint density at radius 2 is 1.62 bits per heavy atom. The Labute approximate surface area is 172 Å². The zero-order chi connectivity index (χ0) is 21.4. The number of aldehydes is 1. The second-order valence-electron chi connectivity index (χ2n) is 8.87. The first kappa shape index (κ1) is 23.3. The number of nitrogens with zero attached hydrogens (tertiary/aromatic N) is 2. The molecule has 0 N–H and O–H groups in total. The van der Waals surface area contributed by atoms with Crippen LogP contribution in [0.3, 0.4) is 0 Å². The van der Waals surface area contributed by atoms with E-state index in [0.29, 0.717) is 39.4 Å². The van der Waals surface area contributed by atoms with Gasteiger partial charge in [-0.05, 0) is 40.0 Å². The topological polar surface area (TPSA) is 93.2 Å². The molecule has 0 saturated carbocycles. The summed E-state index contributed by atoms with van der Waals surface area (Å²) in [6.07, 6.45) is 3.83. The lowest BCUT2D eigenvalue weighted by Gasteiger charge is -2.21. The van der Waals surface area contributed by atoms with E-state index in [1.54, 1.807) is 9.80 Å². The van der Waals surface area contributed by atoms with Crippen LogP contribution in [0.1, 0.15) is 52.9 Å². The lowest BCUT2D eigenvalue weighted by molar-refractivity contribution is -0.148. The van der Waals surface area contributed by atoms with E-state index in [1.165, 1.54) is 0 Å². The molecule has 2 saturated heterocycles. The first-order valence-corrected chi connectivity index (χ1v) is 10.5. The molecule has 2 rings (SSSR count). The molecule has 0 aromatic rings. The molecule has 29 heavy (non-hydrogen) atoms. The Morgan fingerprint density at radius 1 is 1.00 bits per heavy atom. The van der Waals surface area contributed by atoms with Crippen LogP contribution in [0.5, 0.6) is 0 Å². The summed E-state index contributed by atoms with van der Waals surface area (Å²) in [4.78, 5) is 50.3. The van der Waals surface area contributed by atoms with Gasteiger partial charge in [-0.25, -0.2) is 0 Å². The smallest absolute Gasteiger partial charge is 0.311 e. The van der Waals surface area contributed by atoms with E-state index >= 15 is 0 Å². The normalized spacial score (nSPS) is 22.4. The van der Waals surface area contributed by atoms with Crippen LogP contribution in [0.25, 0.3) is 0 Å². The summed E-state index contributed by atoms with van der Waals surface area (Å²) in [5.41, 5.74) is -0.133. The third-order valence-corrected chi connectivity index (χ3v) is 5.19. The van der Waals surface area contributed by atoms with E-state index in [-0.39, 0.29) is 42.1 Å². The minimum atomic E-state index is -0.441. The van der Waals surface area contributed by atoms with Gasteiger partial charge in [0.1, 0.15) is 6.29 Å². The Balaban J connectivity index is 1.60. The summed E-state index contributed by atoms with van der Waals surface area (Å²) >= 11 is 0. The largest absolute Gasteiger partial charge is 0.465 e. The number of carbonyl (C=O) groups is 4. The minimum Gasteiger partial charge on any atom is -0.465 e. The van der Waals surface area contributed by atoms with E-state index in [0.717, 1.165) is 25.5 Å². The van der Waals surface area contributed by atoms with Crippen LogP contribution in [-0.4, -0.2) is 78.9 Å². The Hall–Kier alpha value is -1.96. The zero-order valence-electron chi connectivity index (χ0n) is 17.9. The number of likely N-dealkylation sites (tertiary alicyclic amines) is 2. The van der Waals surface area contributed by atoms with Crippen molar-refractivity contribution in [2.45, 2.75) is 58.5 Å². The first-order chi connectivity index (χ1) is 13.7. The molecule has 0 aliphatic carbocycles. The van der Waals surface area contributed by atoms with Gasteiger partial charge in [0.25, 0.3) is 0 Å². The minimum absolute atomic E-state index is 0.0578. The molecule has 2 unspecified atom stereocenters. The molecule has 0 aromatic heterocycles. The van der Waals surface area contributed by atoms with Gasteiger partial charge >= 0.3 is 5.97 Å². The SMILES string of the molecule is CC(C)(C)OCCCCCOC(=O)C1CC(=O)N(CCN2CC(C=O)CC2=O)C1. The molecular formula is C21H34N2O6. The van der Waals surface area contributed by atoms with Crippen molar-refractivity contribution in [3.63, 3.8) is 0 Å². The third-order valence-electron chi connectivity index (χ3n) is 5.19. The third kappa shape index (κ3) is 7.76. The van der Waals surface area contributed by atoms with Gasteiger partial charge < -0.3 is 24.1 Å². The summed E-state index contributed by atoms with van der Waals surface area (Å²) < 4.78 is 11.0. The lowest BCUT2D eigenvalue weighted by atomic mass is 10.1. The average molecular weight is 411 g/mol. The van der Waals surface area contributed by atoms with Crippen LogP contribution in [0.4, 0.5) is 0 Å². The monoisotopic (exact) mass is 410 g/mol. The number of rotatable bonds is 11. The molecule has 0 bridgehead atoms. The number of unbranched alkanes of at least 4 members (excludes halogenated alkanes) is 2. The zero-order valence-corrected chi connectivity index (χ0v) is 17.9. The standard InChI is InChI=1S/C21H34N2O6/c1-21(2,3)29-10-6-4-5-9-28-20(27)17-12-19(26)23(14-17)8-7-22-13-16(15-24)11-18(22)25/h15-17H,4-14H2,1-3H3. The molecular weight excluding hydrogens is 376 g/mol. The summed E-state index contributed by atoms with van der Waals surface area (Å²) in [5.74, 6) is -1.17. The van der Waals surface area contributed by atoms with Crippen molar-refractivity contribution in [3.8, 4) is 0 Å². The number of esters is 1. The fourth-order valence-electron chi connectivity index (χ4n) is 3.55. The fourth-order valence-corrected chi connectivity index (χ4v) is 3.55. The first-order valence-electron chi connectivity index (χ1n) is 10.5. The maximum Gasteiger partial charge on any atom is 0.311 e. The molecule has 2 heterocycles. The number of hydrogen-bond acceptors (Lipinski definition) is 6. The molecule has 2 aliphatic rings. The number of hydrogen-bond donors (Lipinski definition) is 0. The predicted octanol–water partition coefficient (Wildman–Crippen LogP) is 1.41. The van der Waals surface area contributed by atoms with E-state index in [1.807, 2.05) is 20.8 Å². The van der Waals surface area contributed by atoms with E-state index in [4.69, 9.17) is 9.47 Å². The molecule has 0 spiro atoms. The lowest BCUT2D eigenvalue weighted by Crippen LogP contribution is -2.37. The fraction of sp³-hybridized carbons (Fsp3) is 0.810. The van der Waals surface area contributed by atoms with Crippen molar-refractivity contribution in [1.29, 1.82) is 0 Å². The van der Waals surface area contributed by atoms with Gasteiger partial charge in [0.15, 0.2) is 0 Å². The van der Waals surface area contributed by atoms with E-state index in [9.17, 15) is 19.2 Å². The maximum absolute atomic E-state index is 12.2. The number of ether oxygens (including phenoxy) is 2. The summed E-state index contributed by atoms with van der Waals surface area (Å²) in [6, 6.07) is 0. The maximum atomic E-state index is 12.2. The summed E-state index contributed by atoms with van der Waals surface area (Å²) in [5, 5.41) is 0. The van der Waals surface area contributed by atoms with Gasteiger partial charge in [-0.1, -0.05) is 0 Å².